The van der Waals surface area contributed by atoms with Crippen LogP contribution < -0.4 is 16.0 Å². The molecule has 2 aliphatic rings. The average molecular weight is 684 g/mol. The van der Waals surface area contributed by atoms with Gasteiger partial charge in [-0.3, -0.25) is 14.4 Å². The highest BCUT2D eigenvalue weighted by Crippen LogP contribution is 2.24. The van der Waals surface area contributed by atoms with Crippen LogP contribution >= 0.6 is 11.3 Å². The van der Waals surface area contributed by atoms with Crippen LogP contribution in [-0.2, 0) is 40.6 Å². The Morgan fingerprint density at radius 2 is 1.33 bits per heavy atom. The lowest BCUT2D eigenvalue weighted by molar-refractivity contribution is -0.124. The van der Waals surface area contributed by atoms with Crippen LogP contribution in [0, 0.1) is 0 Å². The summed E-state index contributed by atoms with van der Waals surface area (Å²) in [6.45, 7) is 1.08. The largest absolute Gasteiger partial charge is 0.371 e. The minimum Gasteiger partial charge on any atom is -0.371 e. The third-order valence-corrected chi connectivity index (χ3v) is 10.1. The highest BCUT2D eigenvalue weighted by Gasteiger charge is 2.31. The zero-order valence-electron chi connectivity index (χ0n) is 27.7. The molecule has 6 rings (SSSR count). The second kappa shape index (κ2) is 17.4. The second-order valence-corrected chi connectivity index (χ2v) is 13.9. The molecule has 2 fully saturated rings. The van der Waals surface area contributed by atoms with Crippen LogP contribution in [0.4, 0.5) is 0 Å². The van der Waals surface area contributed by atoms with Crippen LogP contribution in [-0.4, -0.2) is 51.8 Å². The van der Waals surface area contributed by atoms with E-state index in [4.69, 9.17) is 9.47 Å². The molecule has 49 heavy (non-hydrogen) atoms. The van der Waals surface area contributed by atoms with Crippen molar-refractivity contribution in [2.45, 2.75) is 102 Å². The molecule has 4 atom stereocenters. The van der Waals surface area contributed by atoms with Crippen LogP contribution in [0.2, 0.25) is 0 Å². The van der Waals surface area contributed by atoms with Crippen molar-refractivity contribution < 1.29 is 23.9 Å². The Labute approximate surface area is 291 Å². The molecule has 2 aromatic carbocycles. The van der Waals surface area contributed by atoms with Gasteiger partial charge >= 0.3 is 0 Å². The minimum absolute atomic E-state index is 0.0803. The van der Waals surface area contributed by atoms with Gasteiger partial charge in [-0.05, 0) is 48.3 Å². The lowest BCUT2D eigenvalue weighted by Gasteiger charge is -2.32. The molecule has 10 nitrogen and oxygen atoms in total. The van der Waals surface area contributed by atoms with Crippen molar-refractivity contribution >= 4 is 29.1 Å². The number of hydrogen-bond acceptors (Lipinski definition) is 7. The van der Waals surface area contributed by atoms with Crippen molar-refractivity contribution in [2.24, 2.45) is 0 Å². The van der Waals surface area contributed by atoms with Crippen LogP contribution in [0.1, 0.15) is 88.3 Å². The highest BCUT2D eigenvalue weighted by atomic mass is 32.1. The summed E-state index contributed by atoms with van der Waals surface area (Å²) in [7, 11) is 0. The third-order valence-electron chi connectivity index (χ3n) is 9.22. The average Bonchev–Trinajstić information content (AvgIpc) is 3.81. The fourth-order valence-corrected chi connectivity index (χ4v) is 7.26. The molecular formula is C38H45N5O5S. The van der Waals surface area contributed by atoms with E-state index < -0.39 is 5.91 Å². The Kier molecular flexibility index (Phi) is 12.2. The van der Waals surface area contributed by atoms with Gasteiger partial charge in [0, 0.05) is 10.9 Å². The topological polar surface area (TPSA) is 124 Å². The highest BCUT2D eigenvalue weighted by molar-refractivity contribution is 7.09. The number of benzene rings is 2. The number of carbonyl (C=O) groups is 3. The standard InChI is InChI=1S/C38H45N5O5S/c44-36(40-30-17-7-9-19-34(30)47-25-27-12-3-1-4-13-27)24-43-33(22-32(42-43)37(45)39-23-29-16-11-21-49-29)38(46)41-31-18-8-10-20-35(31)48-26-28-14-5-2-6-15-28/h1-6,11-16,21-22,30-31,34-35H,7-10,17-20,23-26H2,(H,39,45)(H,40,44)(H,41,46)/t30-,31-,34-,35-/m0/s1. The van der Waals surface area contributed by atoms with Gasteiger partial charge in [-0.15, -0.1) is 11.3 Å². The second-order valence-electron chi connectivity index (χ2n) is 12.8. The molecule has 0 spiro atoms. The van der Waals surface area contributed by atoms with Gasteiger partial charge in [0.2, 0.25) is 5.91 Å². The summed E-state index contributed by atoms with van der Waals surface area (Å²) in [5, 5.41) is 15.6. The summed E-state index contributed by atoms with van der Waals surface area (Å²) in [6, 6.07) is 25.0. The molecule has 2 saturated carbocycles. The van der Waals surface area contributed by atoms with Gasteiger partial charge < -0.3 is 25.4 Å². The first-order valence-electron chi connectivity index (χ1n) is 17.3. The van der Waals surface area contributed by atoms with Gasteiger partial charge in [-0.1, -0.05) is 92.4 Å². The molecule has 258 valence electrons. The number of hydrogen-bond donors (Lipinski definition) is 3. The van der Waals surface area contributed by atoms with E-state index >= 15 is 0 Å². The number of nitrogens with zero attached hydrogens (tertiary/aromatic N) is 2. The fourth-order valence-electron chi connectivity index (χ4n) is 6.61. The number of rotatable bonds is 14. The Balaban J connectivity index is 1.14. The molecule has 3 N–H and O–H groups in total. The Hall–Kier alpha value is -4.32. The molecule has 3 amide bonds. The maximum absolute atomic E-state index is 13.9. The molecule has 0 unspecified atom stereocenters. The van der Waals surface area contributed by atoms with Crippen LogP contribution in [0.5, 0.6) is 0 Å². The fraction of sp³-hybridized carbons (Fsp3) is 0.421. The molecule has 4 aromatic rings. The van der Waals surface area contributed by atoms with Crippen LogP contribution in [0.25, 0.3) is 0 Å². The van der Waals surface area contributed by atoms with Crippen molar-refractivity contribution in [3.05, 3.63) is 112 Å². The first kappa shape index (κ1) is 34.5. The summed E-state index contributed by atoms with van der Waals surface area (Å²) in [6.07, 6.45) is 7.05. The van der Waals surface area contributed by atoms with E-state index in [1.54, 1.807) is 11.3 Å². The molecule has 2 aliphatic carbocycles. The van der Waals surface area contributed by atoms with Gasteiger partial charge in [0.25, 0.3) is 11.8 Å². The van der Waals surface area contributed by atoms with E-state index in [1.165, 1.54) is 10.7 Å². The van der Waals surface area contributed by atoms with Gasteiger partial charge in [0.15, 0.2) is 5.69 Å². The number of amides is 3. The van der Waals surface area contributed by atoms with E-state index in [2.05, 4.69) is 21.0 Å². The Morgan fingerprint density at radius 3 is 1.92 bits per heavy atom. The first-order chi connectivity index (χ1) is 24.0. The summed E-state index contributed by atoms with van der Waals surface area (Å²) in [5.41, 5.74) is 2.40. The van der Waals surface area contributed by atoms with E-state index in [-0.39, 0.29) is 54.0 Å². The van der Waals surface area contributed by atoms with E-state index in [0.717, 1.165) is 67.4 Å². The van der Waals surface area contributed by atoms with E-state index in [9.17, 15) is 14.4 Å². The van der Waals surface area contributed by atoms with Gasteiger partial charge in [0.05, 0.1) is 44.1 Å². The van der Waals surface area contributed by atoms with Crippen molar-refractivity contribution in [3.8, 4) is 0 Å². The van der Waals surface area contributed by atoms with Crippen molar-refractivity contribution in [2.75, 3.05) is 0 Å². The zero-order valence-corrected chi connectivity index (χ0v) is 28.5. The molecular weight excluding hydrogens is 639 g/mol. The number of aromatic nitrogens is 2. The molecule has 2 heterocycles. The predicted octanol–water partition coefficient (Wildman–Crippen LogP) is 5.78. The van der Waals surface area contributed by atoms with E-state index in [0.29, 0.717) is 19.8 Å². The summed E-state index contributed by atoms with van der Waals surface area (Å²) in [5.74, 6) is -1.09. The lowest BCUT2D eigenvalue weighted by Crippen LogP contribution is -2.48. The number of thiophene rings is 1. The number of carbonyl (C=O) groups excluding carboxylic acids is 3. The maximum atomic E-state index is 13.9. The smallest absolute Gasteiger partial charge is 0.272 e. The zero-order chi connectivity index (χ0) is 33.8. The molecule has 0 bridgehead atoms. The van der Waals surface area contributed by atoms with E-state index in [1.807, 2.05) is 78.2 Å². The third kappa shape index (κ3) is 9.87. The molecule has 11 heteroatoms. The normalized spacial score (nSPS) is 20.7. The van der Waals surface area contributed by atoms with Crippen molar-refractivity contribution in [3.63, 3.8) is 0 Å². The van der Waals surface area contributed by atoms with Crippen LogP contribution in [0.15, 0.2) is 84.2 Å². The number of ether oxygens (including phenoxy) is 2. The number of nitrogens with one attached hydrogen (secondary N) is 3. The first-order valence-corrected chi connectivity index (χ1v) is 18.2. The van der Waals surface area contributed by atoms with Crippen molar-refractivity contribution in [1.29, 1.82) is 0 Å². The predicted molar refractivity (Wildman–Crippen MR) is 188 cm³/mol. The van der Waals surface area contributed by atoms with Gasteiger partial charge in [0.1, 0.15) is 12.2 Å². The van der Waals surface area contributed by atoms with Crippen LogP contribution in [0.3, 0.4) is 0 Å². The minimum atomic E-state index is -0.412. The summed E-state index contributed by atoms with van der Waals surface area (Å²) < 4.78 is 13.9. The lowest BCUT2D eigenvalue weighted by atomic mass is 9.92. The Bertz CT molecular complexity index is 1650. The molecule has 0 radical (unpaired) electrons. The summed E-state index contributed by atoms with van der Waals surface area (Å²) in [4.78, 5) is 41.6. The monoisotopic (exact) mass is 683 g/mol. The van der Waals surface area contributed by atoms with Crippen molar-refractivity contribution in [1.82, 2.24) is 25.7 Å². The Morgan fingerprint density at radius 1 is 0.735 bits per heavy atom. The molecule has 0 aliphatic heterocycles. The quantitative estimate of drug-likeness (QED) is 0.155. The molecule has 2 aromatic heterocycles. The van der Waals surface area contributed by atoms with Gasteiger partial charge in [-0.2, -0.15) is 5.10 Å². The SMILES string of the molecule is O=C(Cn1nc(C(=O)NCc2cccs2)cc1C(=O)N[C@H]1CCCC[C@@H]1OCc1ccccc1)N[C@H]1CCCC[C@@H]1OCc1ccccc1. The van der Waals surface area contributed by atoms with Gasteiger partial charge in [-0.25, -0.2) is 4.68 Å². The maximum Gasteiger partial charge on any atom is 0.272 e. The molecule has 0 saturated heterocycles. The summed E-state index contributed by atoms with van der Waals surface area (Å²) >= 11 is 1.54.